The van der Waals surface area contributed by atoms with Gasteiger partial charge in [-0.3, -0.25) is 9.55 Å². The topological polar surface area (TPSA) is 50.9 Å². The van der Waals surface area contributed by atoms with Gasteiger partial charge in [0.25, 0.3) is 0 Å². The van der Waals surface area contributed by atoms with Gasteiger partial charge in [0.2, 0.25) is 0 Å². The van der Waals surface area contributed by atoms with Crippen molar-refractivity contribution in [2.45, 2.75) is 78.6 Å². The number of hydrogen-bond donors (Lipinski definition) is 1. The summed E-state index contributed by atoms with van der Waals surface area (Å²) in [6, 6.07) is 66.9. The molecule has 1 N–H and O–H groups in total. The molecule has 11 rings (SSSR count). The molecular weight excluding hydrogens is 1050 g/mol. The van der Waals surface area contributed by atoms with Crippen LogP contribution in [0.4, 0.5) is 0 Å². The summed E-state index contributed by atoms with van der Waals surface area (Å²) in [5.41, 5.74) is 14.2. The summed E-state index contributed by atoms with van der Waals surface area (Å²) in [6.07, 6.45) is 1.89. The predicted octanol–water partition coefficient (Wildman–Crippen LogP) is 17.6. The second-order valence-corrected chi connectivity index (χ2v) is 22.0. The minimum Gasteiger partial charge on any atom is -0.507 e. The Morgan fingerprint density at radius 3 is 1.65 bits per heavy atom. The SMILES string of the molecule is CC(C)(C)c1cc(-c2cc(-c3ccccc3)ccn2)[c-]c(-c2cccc3c2nc(-c2cc(C(C)(C)C)cc(C(C)(C)C)c2O)n3-c2ccc3c4ccc(-c5ccccc5)cc4c4ccccc4c3c2)c1.[Pt]. The fourth-order valence-corrected chi connectivity index (χ4v) is 10.1. The molecule has 0 radical (unpaired) electrons. The van der Waals surface area contributed by atoms with E-state index in [-0.39, 0.29) is 43.1 Å². The van der Waals surface area contributed by atoms with Crippen LogP contribution in [0.2, 0.25) is 0 Å². The molecule has 0 amide bonds. The zero-order valence-electron chi connectivity index (χ0n) is 41.9. The molecule has 11 aromatic rings. The number of imidazole rings is 1. The maximum Gasteiger partial charge on any atom is 0.148 e. The summed E-state index contributed by atoms with van der Waals surface area (Å²) in [7, 11) is 0. The fraction of sp³-hybridized carbons (Fsp3) is 0.182. The van der Waals surface area contributed by atoms with Crippen LogP contribution in [-0.2, 0) is 37.3 Å². The average molecular weight is 1100 g/mol. The van der Waals surface area contributed by atoms with Crippen LogP contribution < -0.4 is 0 Å². The van der Waals surface area contributed by atoms with Gasteiger partial charge in [0.05, 0.1) is 16.6 Å². The van der Waals surface area contributed by atoms with Gasteiger partial charge in [0.15, 0.2) is 0 Å². The smallest absolute Gasteiger partial charge is 0.148 e. The number of fused-ring (bicyclic) bond motifs is 7. The number of para-hydroxylation sites is 1. The van der Waals surface area contributed by atoms with Crippen molar-refractivity contribution in [3.05, 3.63) is 205 Å². The van der Waals surface area contributed by atoms with Crippen molar-refractivity contribution in [3.63, 3.8) is 0 Å². The number of phenolic OH excluding ortho intramolecular Hbond substituents is 1. The molecule has 71 heavy (non-hydrogen) atoms. The van der Waals surface area contributed by atoms with E-state index in [0.29, 0.717) is 11.4 Å². The molecule has 0 aliphatic rings. The van der Waals surface area contributed by atoms with E-state index in [2.05, 4.69) is 243 Å². The van der Waals surface area contributed by atoms with Gasteiger partial charge in [-0.2, -0.15) is 0 Å². The van der Waals surface area contributed by atoms with Crippen LogP contribution in [0.3, 0.4) is 0 Å². The van der Waals surface area contributed by atoms with Crippen LogP contribution in [0, 0.1) is 6.07 Å². The Kier molecular flexibility index (Phi) is 12.0. The Balaban J connectivity index is 0.00000582. The zero-order chi connectivity index (χ0) is 48.7. The van der Waals surface area contributed by atoms with Crippen molar-refractivity contribution in [1.82, 2.24) is 14.5 Å². The monoisotopic (exact) mass is 1100 g/mol. The van der Waals surface area contributed by atoms with Gasteiger partial charge < -0.3 is 5.11 Å². The van der Waals surface area contributed by atoms with E-state index in [1.807, 2.05) is 12.3 Å². The number of benzene rings is 9. The Morgan fingerprint density at radius 2 is 1.01 bits per heavy atom. The first-order valence-electron chi connectivity index (χ1n) is 24.5. The maximum absolute atomic E-state index is 12.6. The third-order valence-corrected chi connectivity index (χ3v) is 14.1. The number of hydrogen-bond acceptors (Lipinski definition) is 3. The molecule has 4 nitrogen and oxygen atoms in total. The molecule has 0 atom stereocenters. The summed E-state index contributed by atoms with van der Waals surface area (Å²) >= 11 is 0. The normalized spacial score (nSPS) is 12.2. The molecule has 0 spiro atoms. The van der Waals surface area contributed by atoms with E-state index >= 15 is 0 Å². The van der Waals surface area contributed by atoms with Crippen molar-refractivity contribution in [2.24, 2.45) is 0 Å². The van der Waals surface area contributed by atoms with E-state index in [1.54, 1.807) is 0 Å². The van der Waals surface area contributed by atoms with Gasteiger partial charge in [-0.25, -0.2) is 4.98 Å². The molecule has 9 aromatic carbocycles. The van der Waals surface area contributed by atoms with Crippen LogP contribution in [0.25, 0.3) is 105 Å². The van der Waals surface area contributed by atoms with Crippen molar-refractivity contribution in [1.29, 1.82) is 0 Å². The van der Waals surface area contributed by atoms with Crippen molar-refractivity contribution in [3.8, 4) is 67.5 Å². The van der Waals surface area contributed by atoms with Gasteiger partial charge in [-0.15, -0.1) is 29.3 Å². The van der Waals surface area contributed by atoms with E-state index < -0.39 is 0 Å². The summed E-state index contributed by atoms with van der Waals surface area (Å²) in [5, 5.41) is 19.8. The molecular formula is C66H58N3OPt-. The van der Waals surface area contributed by atoms with E-state index in [4.69, 9.17) is 9.97 Å². The molecule has 0 unspecified atom stereocenters. The van der Waals surface area contributed by atoms with E-state index in [9.17, 15) is 5.11 Å². The molecule has 2 heterocycles. The average Bonchev–Trinajstić information content (AvgIpc) is 3.75. The summed E-state index contributed by atoms with van der Waals surface area (Å²) in [5.74, 6) is 0.927. The van der Waals surface area contributed by atoms with Crippen molar-refractivity contribution < 1.29 is 26.2 Å². The molecule has 0 bridgehead atoms. The third kappa shape index (κ3) is 8.67. The second-order valence-electron chi connectivity index (χ2n) is 22.0. The molecule has 0 fully saturated rings. The second kappa shape index (κ2) is 17.9. The largest absolute Gasteiger partial charge is 0.507 e. The minimum absolute atomic E-state index is 0. The quantitative estimate of drug-likeness (QED) is 0.133. The molecule has 5 heteroatoms. The minimum atomic E-state index is -0.337. The first-order chi connectivity index (χ1) is 33.5. The standard InChI is InChI=1S/C66H58N3O.Pt/c1-64(2,3)47-34-45(33-46(35-47)59-37-44(31-32-67-59)42-21-14-11-15-22-42)50-25-18-26-60-61(50)68-63(57-38-48(65(4,5)6)39-58(62(57)70)66(7,8)9)69(60)49-28-30-54-53-29-27-43(41-19-12-10-13-20-41)36-55(53)51-23-16-17-24-52(51)56(54)40-49;/h10-32,34-40,70H,1-9H3;/q-1;. The van der Waals surface area contributed by atoms with Crippen LogP contribution in [-0.4, -0.2) is 19.6 Å². The molecule has 0 aliphatic heterocycles. The molecule has 354 valence electrons. The van der Waals surface area contributed by atoms with Gasteiger partial charge in [-0.05, 0) is 113 Å². The van der Waals surface area contributed by atoms with Crippen LogP contribution in [0.15, 0.2) is 182 Å². The summed E-state index contributed by atoms with van der Waals surface area (Å²) < 4.78 is 2.27. The number of phenols is 1. The van der Waals surface area contributed by atoms with Gasteiger partial charge in [0, 0.05) is 44.2 Å². The van der Waals surface area contributed by atoms with Crippen LogP contribution >= 0.6 is 0 Å². The Morgan fingerprint density at radius 1 is 0.451 bits per heavy atom. The third-order valence-electron chi connectivity index (χ3n) is 14.1. The number of rotatable bonds is 6. The van der Waals surface area contributed by atoms with Gasteiger partial charge >= 0.3 is 0 Å². The maximum atomic E-state index is 12.6. The van der Waals surface area contributed by atoms with Crippen molar-refractivity contribution in [2.75, 3.05) is 0 Å². The molecule has 0 saturated heterocycles. The Labute approximate surface area is 432 Å². The number of pyridine rings is 1. The molecule has 0 saturated carbocycles. The number of nitrogens with zero attached hydrogens (tertiary/aromatic N) is 3. The summed E-state index contributed by atoms with van der Waals surface area (Å²) in [6.45, 7) is 20.0. The number of aromatic hydroxyl groups is 1. The fourth-order valence-electron chi connectivity index (χ4n) is 10.1. The Bertz CT molecular complexity index is 3810. The Hall–Kier alpha value is -7.13. The zero-order valence-corrected chi connectivity index (χ0v) is 44.2. The first-order valence-corrected chi connectivity index (χ1v) is 24.5. The van der Waals surface area contributed by atoms with Crippen LogP contribution in [0.1, 0.15) is 79.0 Å². The number of aromatic nitrogens is 3. The predicted molar refractivity (Wildman–Crippen MR) is 295 cm³/mol. The summed E-state index contributed by atoms with van der Waals surface area (Å²) in [4.78, 5) is 10.6. The first kappa shape index (κ1) is 47.5. The van der Waals surface area contributed by atoms with Gasteiger partial charge in [0.1, 0.15) is 11.6 Å². The van der Waals surface area contributed by atoms with Gasteiger partial charge in [-0.1, -0.05) is 201 Å². The molecule has 0 aliphatic carbocycles. The molecule has 2 aromatic heterocycles. The van der Waals surface area contributed by atoms with Crippen LogP contribution in [0.5, 0.6) is 5.75 Å². The van der Waals surface area contributed by atoms with E-state index in [0.717, 1.165) is 66.7 Å². The van der Waals surface area contributed by atoms with E-state index in [1.165, 1.54) is 43.6 Å². The van der Waals surface area contributed by atoms with Crippen molar-refractivity contribution >= 4 is 43.4 Å².